The Kier molecular flexibility index (Phi) is 5.66. The number of nitrogens with one attached hydrogen (secondary N) is 1. The Morgan fingerprint density at radius 2 is 2.05 bits per heavy atom. The van der Waals surface area contributed by atoms with Gasteiger partial charge in [0.05, 0.1) is 16.6 Å². The van der Waals surface area contributed by atoms with Crippen molar-refractivity contribution in [3.8, 4) is 0 Å². The van der Waals surface area contributed by atoms with E-state index in [9.17, 15) is 0 Å². The maximum Gasteiger partial charge on any atom is 0.198 e. The highest BCUT2D eigenvalue weighted by molar-refractivity contribution is 6.42. The van der Waals surface area contributed by atoms with Gasteiger partial charge in [0.25, 0.3) is 0 Å². The van der Waals surface area contributed by atoms with Crippen molar-refractivity contribution in [2.75, 3.05) is 6.54 Å². The summed E-state index contributed by atoms with van der Waals surface area (Å²) >= 11 is 11.7. The quantitative estimate of drug-likeness (QED) is 0.452. The number of nitrogens with two attached hydrogens (primary N) is 2. The van der Waals surface area contributed by atoms with Gasteiger partial charge in [0.15, 0.2) is 11.9 Å². The first-order chi connectivity index (χ1) is 8.95. The lowest BCUT2D eigenvalue weighted by atomic mass is 10.2. The summed E-state index contributed by atoms with van der Waals surface area (Å²) in [6, 6.07) is 5.21. The molecule has 0 saturated carbocycles. The second kappa shape index (κ2) is 7.01. The Labute approximate surface area is 122 Å². The third-order valence-corrected chi connectivity index (χ3v) is 3.03. The van der Waals surface area contributed by atoms with Gasteiger partial charge >= 0.3 is 0 Å². The van der Waals surface area contributed by atoms with Crippen molar-refractivity contribution in [3.05, 3.63) is 46.5 Å². The van der Waals surface area contributed by atoms with E-state index in [-0.39, 0.29) is 11.9 Å². The van der Waals surface area contributed by atoms with Gasteiger partial charge in [-0.05, 0) is 17.7 Å². The van der Waals surface area contributed by atoms with Crippen molar-refractivity contribution in [2.45, 2.75) is 6.54 Å². The van der Waals surface area contributed by atoms with Gasteiger partial charge in [0.2, 0.25) is 0 Å². The zero-order chi connectivity index (χ0) is 14.4. The van der Waals surface area contributed by atoms with E-state index in [2.05, 4.69) is 11.6 Å². The number of aliphatic imine (C=N–C) groups is 1. The van der Waals surface area contributed by atoms with E-state index in [0.717, 1.165) is 5.56 Å². The third-order valence-electron chi connectivity index (χ3n) is 2.29. The van der Waals surface area contributed by atoms with E-state index in [1.54, 1.807) is 24.3 Å². The molecule has 1 rings (SSSR count). The first-order valence-electron chi connectivity index (χ1n) is 5.42. The third kappa shape index (κ3) is 4.46. The van der Waals surface area contributed by atoms with Crippen molar-refractivity contribution in [3.63, 3.8) is 0 Å². The van der Waals surface area contributed by atoms with Gasteiger partial charge in [0.1, 0.15) is 0 Å². The summed E-state index contributed by atoms with van der Waals surface area (Å²) in [6.45, 7) is 4.22. The van der Waals surface area contributed by atoms with Crippen LogP contribution in [0.15, 0.2) is 35.8 Å². The summed E-state index contributed by atoms with van der Waals surface area (Å²) in [7, 11) is 0. The fraction of sp³-hybridized carbons (Fsp3) is 0.167. The minimum atomic E-state index is -0.185. The molecule has 0 aliphatic rings. The molecule has 0 aliphatic carbocycles. The zero-order valence-corrected chi connectivity index (χ0v) is 11.7. The molecule has 0 bridgehead atoms. The molecule has 5 N–H and O–H groups in total. The monoisotopic (exact) mass is 299 g/mol. The van der Waals surface area contributed by atoms with Crippen LogP contribution in [-0.4, -0.2) is 23.4 Å². The molecule has 0 spiro atoms. The highest BCUT2D eigenvalue weighted by atomic mass is 35.5. The number of nitrogens with zero attached hydrogens (tertiary/aromatic N) is 2. The minimum Gasteiger partial charge on any atom is -0.370 e. The lowest BCUT2D eigenvalue weighted by Gasteiger charge is -2.19. The SMILES string of the molecule is C=CCN(C(=N)N)C(N)=NCc1ccc(Cl)c(Cl)c1. The number of halogens is 2. The molecule has 5 nitrogen and oxygen atoms in total. The molecule has 0 unspecified atom stereocenters. The van der Waals surface area contributed by atoms with Crippen molar-refractivity contribution in [1.82, 2.24) is 4.90 Å². The number of hydrogen-bond donors (Lipinski definition) is 3. The standard InChI is InChI=1S/C12H15Cl2N5/c1-2-5-19(11(15)16)12(17)18-7-8-3-4-9(13)10(14)6-8/h2-4,6H,1,5,7H2,(H3,15,16)(H2,17,18). The van der Waals surface area contributed by atoms with Crippen LogP contribution in [0.25, 0.3) is 0 Å². The van der Waals surface area contributed by atoms with Crippen LogP contribution >= 0.6 is 23.2 Å². The Morgan fingerprint density at radius 1 is 1.37 bits per heavy atom. The van der Waals surface area contributed by atoms with Gasteiger partial charge in [-0.15, -0.1) is 6.58 Å². The highest BCUT2D eigenvalue weighted by Crippen LogP contribution is 2.22. The summed E-state index contributed by atoms with van der Waals surface area (Å²) in [6.07, 6.45) is 1.59. The Balaban J connectivity index is 2.81. The molecule has 0 heterocycles. The average molecular weight is 300 g/mol. The first kappa shape index (κ1) is 15.3. The summed E-state index contributed by atoms with van der Waals surface area (Å²) in [5, 5.41) is 8.33. The van der Waals surface area contributed by atoms with E-state index < -0.39 is 0 Å². The maximum atomic E-state index is 7.39. The summed E-state index contributed by atoms with van der Waals surface area (Å²) in [5.74, 6) is -0.0336. The van der Waals surface area contributed by atoms with Crippen molar-refractivity contribution >= 4 is 35.1 Å². The molecule has 0 aliphatic heterocycles. The zero-order valence-electron chi connectivity index (χ0n) is 10.2. The first-order valence-corrected chi connectivity index (χ1v) is 6.17. The van der Waals surface area contributed by atoms with Gasteiger partial charge in [-0.2, -0.15) is 0 Å². The van der Waals surface area contributed by atoms with E-state index in [1.165, 1.54) is 4.90 Å². The van der Waals surface area contributed by atoms with Crippen LogP contribution in [0.3, 0.4) is 0 Å². The topological polar surface area (TPSA) is 91.5 Å². The number of benzene rings is 1. The largest absolute Gasteiger partial charge is 0.370 e. The maximum absolute atomic E-state index is 7.39. The Bertz CT molecular complexity index is 513. The molecule has 19 heavy (non-hydrogen) atoms. The Morgan fingerprint density at radius 3 is 2.58 bits per heavy atom. The molecule has 0 saturated heterocycles. The van der Waals surface area contributed by atoms with Gasteiger partial charge in [0, 0.05) is 6.54 Å². The predicted octanol–water partition coefficient (Wildman–Crippen LogP) is 2.19. The number of guanidine groups is 2. The molecule has 7 heteroatoms. The molecular formula is C12H15Cl2N5. The van der Waals surface area contributed by atoms with E-state index in [1.807, 2.05) is 0 Å². The van der Waals surface area contributed by atoms with E-state index >= 15 is 0 Å². The molecule has 102 valence electrons. The molecule has 0 atom stereocenters. The lowest BCUT2D eigenvalue weighted by Crippen LogP contribution is -2.45. The number of rotatable bonds is 4. The fourth-order valence-corrected chi connectivity index (χ4v) is 1.66. The molecule has 0 aromatic heterocycles. The summed E-state index contributed by atoms with van der Waals surface area (Å²) in [5.41, 5.74) is 12.0. The van der Waals surface area contributed by atoms with Gasteiger partial charge in [-0.1, -0.05) is 35.3 Å². The van der Waals surface area contributed by atoms with Crippen LogP contribution in [0.4, 0.5) is 0 Å². The smallest absolute Gasteiger partial charge is 0.198 e. The number of hydrogen-bond acceptors (Lipinski definition) is 2. The Hall–Kier alpha value is -1.72. The van der Waals surface area contributed by atoms with Crippen LogP contribution in [0.2, 0.25) is 10.0 Å². The predicted molar refractivity (Wildman–Crippen MR) is 80.6 cm³/mol. The highest BCUT2D eigenvalue weighted by Gasteiger charge is 2.08. The van der Waals surface area contributed by atoms with E-state index in [4.69, 9.17) is 40.1 Å². The normalized spacial score (nSPS) is 11.2. The molecule has 1 aromatic rings. The average Bonchev–Trinajstić information content (AvgIpc) is 2.36. The van der Waals surface area contributed by atoms with Crippen LogP contribution in [0.5, 0.6) is 0 Å². The molecule has 1 aromatic carbocycles. The second-order valence-electron chi connectivity index (χ2n) is 3.71. The van der Waals surface area contributed by atoms with Gasteiger partial charge < -0.3 is 11.5 Å². The second-order valence-corrected chi connectivity index (χ2v) is 4.52. The van der Waals surface area contributed by atoms with Crippen molar-refractivity contribution in [2.24, 2.45) is 16.5 Å². The van der Waals surface area contributed by atoms with Crippen LogP contribution in [-0.2, 0) is 6.54 Å². The summed E-state index contributed by atoms with van der Waals surface area (Å²) in [4.78, 5) is 5.49. The fourth-order valence-electron chi connectivity index (χ4n) is 1.34. The van der Waals surface area contributed by atoms with Gasteiger partial charge in [-0.25, -0.2) is 4.99 Å². The minimum absolute atomic E-state index is 0.151. The van der Waals surface area contributed by atoms with Crippen LogP contribution in [0.1, 0.15) is 5.56 Å². The van der Waals surface area contributed by atoms with Gasteiger partial charge in [-0.3, -0.25) is 10.3 Å². The summed E-state index contributed by atoms with van der Waals surface area (Å²) < 4.78 is 0. The van der Waals surface area contributed by atoms with Crippen molar-refractivity contribution in [1.29, 1.82) is 5.41 Å². The molecule has 0 radical (unpaired) electrons. The van der Waals surface area contributed by atoms with Crippen molar-refractivity contribution < 1.29 is 0 Å². The van der Waals surface area contributed by atoms with Crippen LogP contribution in [0, 0.1) is 5.41 Å². The molecule has 0 fully saturated rings. The lowest BCUT2D eigenvalue weighted by molar-refractivity contribution is 0.652. The molecular weight excluding hydrogens is 285 g/mol. The van der Waals surface area contributed by atoms with E-state index in [0.29, 0.717) is 23.1 Å². The molecule has 0 amide bonds. The van der Waals surface area contributed by atoms with Crippen LogP contribution < -0.4 is 11.5 Å².